The lowest BCUT2D eigenvalue weighted by Crippen LogP contribution is -2.31. The number of hydrogen-bond donors (Lipinski definition) is 1. The van der Waals surface area contributed by atoms with Crippen molar-refractivity contribution in [3.63, 3.8) is 0 Å². The summed E-state index contributed by atoms with van der Waals surface area (Å²) in [4.78, 5) is 15.8. The van der Waals surface area contributed by atoms with Crippen molar-refractivity contribution in [3.8, 4) is 0 Å². The van der Waals surface area contributed by atoms with Crippen molar-refractivity contribution >= 4 is 27.1 Å². The fourth-order valence-corrected chi connectivity index (χ4v) is 3.93. The Morgan fingerprint density at radius 3 is 2.75 bits per heavy atom. The third kappa shape index (κ3) is 6.47. The van der Waals surface area contributed by atoms with E-state index in [1.807, 2.05) is 13.8 Å². The van der Waals surface area contributed by atoms with E-state index >= 15 is 0 Å². The van der Waals surface area contributed by atoms with Crippen LogP contribution in [0.25, 0.3) is 0 Å². The number of aromatic nitrogens is 1. The first-order valence-electron chi connectivity index (χ1n) is 6.75. The number of rotatable bonds is 8. The predicted molar refractivity (Wildman–Crippen MR) is 81.5 cm³/mol. The summed E-state index contributed by atoms with van der Waals surface area (Å²) in [6.07, 6.45) is 1.88. The lowest BCUT2D eigenvalue weighted by molar-refractivity contribution is -0.121. The van der Waals surface area contributed by atoms with Crippen molar-refractivity contribution in [2.75, 3.05) is 5.75 Å². The van der Waals surface area contributed by atoms with Gasteiger partial charge in [0.15, 0.2) is 9.84 Å². The van der Waals surface area contributed by atoms with Gasteiger partial charge in [0.1, 0.15) is 0 Å². The summed E-state index contributed by atoms with van der Waals surface area (Å²) in [5.74, 6) is -0.442. The van der Waals surface area contributed by atoms with Crippen LogP contribution in [0.2, 0.25) is 0 Å². The first kappa shape index (κ1) is 17.1. The van der Waals surface area contributed by atoms with Crippen LogP contribution in [0.1, 0.15) is 44.3 Å². The van der Waals surface area contributed by atoms with Crippen LogP contribution in [0, 0.1) is 0 Å². The highest BCUT2D eigenvalue weighted by atomic mass is 32.2. The van der Waals surface area contributed by atoms with Crippen LogP contribution in [0.5, 0.6) is 0 Å². The fourth-order valence-electron chi connectivity index (χ4n) is 1.68. The SMILES string of the molecule is CCCc1nc(CS(=O)(=O)CCC(=O)NC(C)C)cs1. The van der Waals surface area contributed by atoms with E-state index in [4.69, 9.17) is 0 Å². The molecule has 0 saturated heterocycles. The molecule has 0 bridgehead atoms. The molecule has 1 aromatic rings. The molecule has 0 aliphatic carbocycles. The topological polar surface area (TPSA) is 76.1 Å². The number of amides is 1. The molecule has 5 nitrogen and oxygen atoms in total. The summed E-state index contributed by atoms with van der Waals surface area (Å²) in [5, 5.41) is 5.44. The predicted octanol–water partition coefficient (Wildman–Crippen LogP) is 1.93. The molecule has 0 spiro atoms. The molecule has 0 saturated carbocycles. The van der Waals surface area contributed by atoms with Gasteiger partial charge >= 0.3 is 0 Å². The molecule has 1 amide bonds. The van der Waals surface area contributed by atoms with Gasteiger partial charge in [-0.3, -0.25) is 4.79 Å². The number of carbonyl (C=O) groups excluding carboxylic acids is 1. The standard InChI is InChI=1S/C13H22N2O3S2/c1-4-5-13-15-11(8-19-13)9-20(17,18)7-6-12(16)14-10(2)3/h8,10H,4-7,9H2,1-3H3,(H,14,16). The van der Waals surface area contributed by atoms with Gasteiger partial charge in [0.2, 0.25) is 5.91 Å². The molecule has 7 heteroatoms. The van der Waals surface area contributed by atoms with Crippen LogP contribution in [0.15, 0.2) is 5.38 Å². The van der Waals surface area contributed by atoms with E-state index in [0.717, 1.165) is 17.8 Å². The maximum atomic E-state index is 11.9. The fraction of sp³-hybridized carbons (Fsp3) is 0.692. The maximum absolute atomic E-state index is 11.9. The first-order chi connectivity index (χ1) is 9.32. The highest BCUT2D eigenvalue weighted by Gasteiger charge is 2.16. The highest BCUT2D eigenvalue weighted by molar-refractivity contribution is 7.90. The van der Waals surface area contributed by atoms with Crippen molar-refractivity contribution in [2.45, 2.75) is 51.8 Å². The van der Waals surface area contributed by atoms with Crippen LogP contribution < -0.4 is 5.32 Å². The summed E-state index contributed by atoms with van der Waals surface area (Å²) >= 11 is 1.49. The molecular weight excluding hydrogens is 296 g/mol. The molecular formula is C13H22N2O3S2. The third-order valence-electron chi connectivity index (χ3n) is 2.52. The summed E-state index contributed by atoms with van der Waals surface area (Å²) in [5.41, 5.74) is 0.586. The highest BCUT2D eigenvalue weighted by Crippen LogP contribution is 2.14. The van der Waals surface area contributed by atoms with E-state index in [9.17, 15) is 13.2 Å². The molecule has 1 aromatic heterocycles. The Hall–Kier alpha value is -0.950. The molecule has 1 heterocycles. The maximum Gasteiger partial charge on any atom is 0.221 e. The Bertz CT molecular complexity index is 536. The Morgan fingerprint density at radius 1 is 1.45 bits per heavy atom. The second-order valence-corrected chi connectivity index (χ2v) is 8.17. The summed E-state index contributed by atoms with van der Waals surface area (Å²) in [6, 6.07) is 0.0281. The second kappa shape index (κ2) is 7.73. The molecule has 1 rings (SSSR count). The number of hydrogen-bond acceptors (Lipinski definition) is 5. The second-order valence-electron chi connectivity index (χ2n) is 5.05. The third-order valence-corrected chi connectivity index (χ3v) is 5.04. The quantitative estimate of drug-likeness (QED) is 0.794. The van der Waals surface area contributed by atoms with Crippen LogP contribution in [0.4, 0.5) is 0 Å². The van der Waals surface area contributed by atoms with Gasteiger partial charge in [0.25, 0.3) is 0 Å². The van der Waals surface area contributed by atoms with Crippen molar-refractivity contribution in [1.29, 1.82) is 0 Å². The van der Waals surface area contributed by atoms with Crippen molar-refractivity contribution < 1.29 is 13.2 Å². The zero-order valence-electron chi connectivity index (χ0n) is 12.2. The molecule has 0 aliphatic rings. The van der Waals surface area contributed by atoms with Gasteiger partial charge in [-0.25, -0.2) is 13.4 Å². The van der Waals surface area contributed by atoms with Gasteiger partial charge in [-0.15, -0.1) is 11.3 Å². The summed E-state index contributed by atoms with van der Waals surface area (Å²) in [6.45, 7) is 5.75. The number of carbonyl (C=O) groups is 1. The van der Waals surface area contributed by atoms with Gasteiger partial charge < -0.3 is 5.32 Å². The molecule has 114 valence electrons. The van der Waals surface area contributed by atoms with E-state index in [1.165, 1.54) is 11.3 Å². The summed E-state index contributed by atoms with van der Waals surface area (Å²) in [7, 11) is -3.28. The molecule has 0 atom stereocenters. The Morgan fingerprint density at radius 2 is 2.15 bits per heavy atom. The zero-order valence-corrected chi connectivity index (χ0v) is 13.8. The smallest absolute Gasteiger partial charge is 0.221 e. The summed E-state index contributed by atoms with van der Waals surface area (Å²) < 4.78 is 23.9. The zero-order chi connectivity index (χ0) is 15.2. The largest absolute Gasteiger partial charge is 0.354 e. The van der Waals surface area contributed by atoms with Gasteiger partial charge in [-0.05, 0) is 26.7 Å². The van der Waals surface area contributed by atoms with E-state index in [2.05, 4.69) is 17.2 Å². The normalized spacial score (nSPS) is 11.8. The average molecular weight is 318 g/mol. The molecule has 0 aromatic carbocycles. The lowest BCUT2D eigenvalue weighted by atomic mass is 10.3. The van der Waals surface area contributed by atoms with Crippen molar-refractivity contribution in [1.82, 2.24) is 10.3 Å². The van der Waals surface area contributed by atoms with Crippen LogP contribution in [-0.2, 0) is 26.8 Å². The first-order valence-corrected chi connectivity index (χ1v) is 9.45. The van der Waals surface area contributed by atoms with Gasteiger partial charge in [-0.2, -0.15) is 0 Å². The number of aryl methyl sites for hydroxylation is 1. The molecule has 0 fully saturated rings. The monoisotopic (exact) mass is 318 g/mol. The molecule has 0 unspecified atom stereocenters. The van der Waals surface area contributed by atoms with Crippen LogP contribution in [0.3, 0.4) is 0 Å². The van der Waals surface area contributed by atoms with Crippen LogP contribution in [-0.4, -0.2) is 31.1 Å². The van der Waals surface area contributed by atoms with E-state index in [-0.39, 0.29) is 29.9 Å². The van der Waals surface area contributed by atoms with Crippen LogP contribution >= 0.6 is 11.3 Å². The number of nitrogens with zero attached hydrogens (tertiary/aromatic N) is 1. The lowest BCUT2D eigenvalue weighted by Gasteiger charge is -2.08. The van der Waals surface area contributed by atoms with E-state index < -0.39 is 9.84 Å². The number of thiazole rings is 1. The van der Waals surface area contributed by atoms with Crippen molar-refractivity contribution in [2.24, 2.45) is 0 Å². The van der Waals surface area contributed by atoms with Gasteiger partial charge in [0.05, 0.1) is 22.2 Å². The molecule has 0 aliphatic heterocycles. The number of sulfone groups is 1. The molecule has 1 N–H and O–H groups in total. The van der Waals surface area contributed by atoms with E-state index in [0.29, 0.717) is 5.69 Å². The van der Waals surface area contributed by atoms with Gasteiger partial charge in [0, 0.05) is 17.8 Å². The minimum absolute atomic E-state index is 0.00642. The molecule has 0 radical (unpaired) electrons. The minimum atomic E-state index is -3.28. The minimum Gasteiger partial charge on any atom is -0.354 e. The Balaban J connectivity index is 2.50. The Labute approximate surface area is 124 Å². The van der Waals surface area contributed by atoms with E-state index in [1.54, 1.807) is 5.38 Å². The van der Waals surface area contributed by atoms with Gasteiger partial charge in [-0.1, -0.05) is 6.92 Å². The molecule has 20 heavy (non-hydrogen) atoms. The number of nitrogens with one attached hydrogen (secondary N) is 1. The Kier molecular flexibility index (Phi) is 6.61. The average Bonchev–Trinajstić information content (AvgIpc) is 2.73. The van der Waals surface area contributed by atoms with Crippen molar-refractivity contribution in [3.05, 3.63) is 16.1 Å².